The highest BCUT2D eigenvalue weighted by molar-refractivity contribution is 5.94. The molecule has 0 aliphatic rings. The molecule has 1 amide bonds. The number of benzene rings is 1. The van der Waals surface area contributed by atoms with Gasteiger partial charge in [-0.05, 0) is 19.1 Å². The predicted octanol–water partition coefficient (Wildman–Crippen LogP) is 1.26. The van der Waals surface area contributed by atoms with E-state index in [1.807, 2.05) is 6.92 Å². The van der Waals surface area contributed by atoms with Gasteiger partial charge in [0.1, 0.15) is 11.6 Å². The van der Waals surface area contributed by atoms with Crippen LogP contribution in [0.15, 0.2) is 18.2 Å². The van der Waals surface area contributed by atoms with Crippen LogP contribution in [0.2, 0.25) is 0 Å². The van der Waals surface area contributed by atoms with E-state index >= 15 is 0 Å². The fraction of sp³-hybridized carbons (Fsp3) is 0.417. The summed E-state index contributed by atoms with van der Waals surface area (Å²) in [5, 5.41) is 0. The Labute approximate surface area is 100 Å². The quantitative estimate of drug-likeness (QED) is 0.842. The van der Waals surface area contributed by atoms with Crippen LogP contribution in [0.25, 0.3) is 0 Å². The lowest BCUT2D eigenvalue weighted by Crippen LogP contribution is -2.35. The first-order valence-electron chi connectivity index (χ1n) is 5.46. The monoisotopic (exact) mass is 240 g/mol. The Morgan fingerprint density at radius 2 is 2.24 bits per heavy atom. The Bertz CT molecular complexity index is 396. The van der Waals surface area contributed by atoms with Gasteiger partial charge < -0.3 is 15.4 Å². The van der Waals surface area contributed by atoms with Crippen LogP contribution in [-0.4, -0.2) is 37.6 Å². The van der Waals surface area contributed by atoms with Gasteiger partial charge in [0.15, 0.2) is 0 Å². The molecule has 0 heterocycles. The van der Waals surface area contributed by atoms with Gasteiger partial charge in [0.05, 0.1) is 12.7 Å². The van der Waals surface area contributed by atoms with E-state index in [4.69, 9.17) is 10.5 Å². The maximum Gasteiger partial charge on any atom is 0.256 e. The average Bonchev–Trinajstić information content (AvgIpc) is 2.35. The molecule has 0 radical (unpaired) electrons. The summed E-state index contributed by atoms with van der Waals surface area (Å²) in [6.45, 7) is 3.11. The van der Waals surface area contributed by atoms with Gasteiger partial charge in [0.25, 0.3) is 5.91 Å². The molecule has 0 spiro atoms. The number of halogens is 1. The molecule has 0 fully saturated rings. The van der Waals surface area contributed by atoms with E-state index in [-0.39, 0.29) is 11.5 Å². The van der Waals surface area contributed by atoms with Crippen molar-refractivity contribution in [3.63, 3.8) is 0 Å². The van der Waals surface area contributed by atoms with Crippen molar-refractivity contribution in [2.45, 2.75) is 6.92 Å². The second-order valence-electron chi connectivity index (χ2n) is 3.52. The third-order valence-corrected chi connectivity index (χ3v) is 2.47. The van der Waals surface area contributed by atoms with Crippen LogP contribution in [0, 0.1) is 5.82 Å². The Morgan fingerprint density at radius 1 is 1.53 bits per heavy atom. The second-order valence-corrected chi connectivity index (χ2v) is 3.52. The van der Waals surface area contributed by atoms with Gasteiger partial charge in [-0.1, -0.05) is 0 Å². The summed E-state index contributed by atoms with van der Waals surface area (Å²) in [4.78, 5) is 13.5. The summed E-state index contributed by atoms with van der Waals surface area (Å²) in [5.74, 6) is -0.538. The second kappa shape index (κ2) is 6.20. The van der Waals surface area contributed by atoms with Crippen LogP contribution in [0.4, 0.5) is 4.39 Å². The van der Waals surface area contributed by atoms with Gasteiger partial charge in [-0.2, -0.15) is 0 Å². The maximum atomic E-state index is 13.7. The van der Waals surface area contributed by atoms with Gasteiger partial charge >= 0.3 is 0 Å². The Balaban J connectivity index is 2.95. The number of methoxy groups -OCH3 is 1. The largest absolute Gasteiger partial charge is 0.497 e. The first-order valence-corrected chi connectivity index (χ1v) is 5.46. The first-order chi connectivity index (χ1) is 8.13. The van der Waals surface area contributed by atoms with E-state index in [0.717, 1.165) is 0 Å². The number of likely N-dealkylation sites (N-methyl/N-ethyl adjacent to an activating group) is 1. The predicted molar refractivity (Wildman–Crippen MR) is 63.6 cm³/mol. The number of rotatable bonds is 5. The molecule has 1 aromatic rings. The number of nitrogens with zero attached hydrogens (tertiary/aromatic N) is 1. The van der Waals surface area contributed by atoms with Crippen molar-refractivity contribution in [2.24, 2.45) is 5.73 Å². The zero-order chi connectivity index (χ0) is 12.8. The molecule has 2 N–H and O–H groups in total. The van der Waals surface area contributed by atoms with E-state index < -0.39 is 5.82 Å². The molecule has 0 saturated carbocycles. The Hall–Kier alpha value is -1.62. The molecule has 17 heavy (non-hydrogen) atoms. The maximum absolute atomic E-state index is 13.7. The summed E-state index contributed by atoms with van der Waals surface area (Å²) in [7, 11) is 1.45. The highest BCUT2D eigenvalue weighted by atomic mass is 19.1. The first kappa shape index (κ1) is 13.4. The highest BCUT2D eigenvalue weighted by Gasteiger charge is 2.17. The molecule has 0 saturated heterocycles. The van der Waals surface area contributed by atoms with Crippen molar-refractivity contribution in [3.8, 4) is 5.75 Å². The van der Waals surface area contributed by atoms with Crippen LogP contribution in [-0.2, 0) is 0 Å². The van der Waals surface area contributed by atoms with Crippen molar-refractivity contribution in [1.82, 2.24) is 4.90 Å². The van der Waals surface area contributed by atoms with E-state index in [2.05, 4.69) is 0 Å². The van der Waals surface area contributed by atoms with Crippen LogP contribution in [0.1, 0.15) is 17.3 Å². The molecular weight excluding hydrogens is 223 g/mol. The van der Waals surface area contributed by atoms with Crippen molar-refractivity contribution >= 4 is 5.91 Å². The molecule has 1 rings (SSSR count). The Kier molecular flexibility index (Phi) is 4.90. The van der Waals surface area contributed by atoms with Crippen molar-refractivity contribution in [2.75, 3.05) is 26.7 Å². The summed E-state index contributed by atoms with van der Waals surface area (Å²) < 4.78 is 18.5. The minimum absolute atomic E-state index is 0.0427. The SMILES string of the molecule is CCN(CCN)C(=O)c1ccc(OC)cc1F. The van der Waals surface area contributed by atoms with E-state index in [0.29, 0.717) is 25.4 Å². The lowest BCUT2D eigenvalue weighted by Gasteiger charge is -2.20. The van der Waals surface area contributed by atoms with Crippen LogP contribution in [0.5, 0.6) is 5.75 Å². The van der Waals surface area contributed by atoms with Gasteiger partial charge in [-0.15, -0.1) is 0 Å². The topological polar surface area (TPSA) is 55.6 Å². The van der Waals surface area contributed by atoms with Gasteiger partial charge in [-0.3, -0.25) is 4.79 Å². The molecule has 0 aromatic heterocycles. The smallest absolute Gasteiger partial charge is 0.256 e. The highest BCUT2D eigenvalue weighted by Crippen LogP contribution is 2.17. The van der Waals surface area contributed by atoms with Crippen molar-refractivity contribution in [3.05, 3.63) is 29.6 Å². The fourth-order valence-electron chi connectivity index (χ4n) is 1.53. The summed E-state index contributed by atoms with van der Waals surface area (Å²) in [5.41, 5.74) is 5.44. The number of carbonyl (C=O) groups excluding carboxylic acids is 1. The van der Waals surface area contributed by atoms with E-state index in [9.17, 15) is 9.18 Å². The number of carbonyl (C=O) groups is 1. The molecule has 1 aromatic carbocycles. The van der Waals surface area contributed by atoms with Crippen LogP contribution in [0.3, 0.4) is 0 Å². The minimum atomic E-state index is -0.579. The Morgan fingerprint density at radius 3 is 2.71 bits per heavy atom. The van der Waals surface area contributed by atoms with E-state index in [1.165, 1.54) is 24.1 Å². The molecule has 0 aliphatic carbocycles. The van der Waals surface area contributed by atoms with Gasteiger partial charge in [-0.25, -0.2) is 4.39 Å². The lowest BCUT2D eigenvalue weighted by atomic mass is 10.1. The summed E-state index contributed by atoms with van der Waals surface area (Å²) in [6, 6.07) is 4.19. The third kappa shape index (κ3) is 3.17. The summed E-state index contributed by atoms with van der Waals surface area (Å²) in [6.07, 6.45) is 0. The fourth-order valence-corrected chi connectivity index (χ4v) is 1.53. The molecule has 5 heteroatoms. The molecule has 0 bridgehead atoms. The van der Waals surface area contributed by atoms with Crippen molar-refractivity contribution < 1.29 is 13.9 Å². The average molecular weight is 240 g/mol. The zero-order valence-corrected chi connectivity index (χ0v) is 10.1. The molecule has 4 nitrogen and oxygen atoms in total. The normalized spacial score (nSPS) is 10.1. The summed E-state index contributed by atoms with van der Waals surface area (Å²) >= 11 is 0. The number of nitrogens with two attached hydrogens (primary N) is 1. The molecule has 0 aliphatic heterocycles. The number of ether oxygens (including phenoxy) is 1. The molecule has 0 atom stereocenters. The number of hydrogen-bond acceptors (Lipinski definition) is 3. The van der Waals surface area contributed by atoms with Gasteiger partial charge in [0, 0.05) is 25.7 Å². The molecular formula is C12H17FN2O2. The third-order valence-electron chi connectivity index (χ3n) is 2.47. The number of amides is 1. The standard InChI is InChI=1S/C12H17FN2O2/c1-3-15(7-6-14)12(16)10-5-4-9(17-2)8-11(10)13/h4-5,8H,3,6-7,14H2,1-2H3. The van der Waals surface area contributed by atoms with Crippen LogP contribution >= 0.6 is 0 Å². The van der Waals surface area contributed by atoms with E-state index in [1.54, 1.807) is 6.07 Å². The molecule has 0 unspecified atom stereocenters. The van der Waals surface area contributed by atoms with Crippen molar-refractivity contribution in [1.29, 1.82) is 0 Å². The number of hydrogen-bond donors (Lipinski definition) is 1. The molecule has 94 valence electrons. The minimum Gasteiger partial charge on any atom is -0.497 e. The lowest BCUT2D eigenvalue weighted by molar-refractivity contribution is 0.0764. The van der Waals surface area contributed by atoms with Crippen LogP contribution < -0.4 is 10.5 Å². The zero-order valence-electron chi connectivity index (χ0n) is 10.1. The van der Waals surface area contributed by atoms with Gasteiger partial charge in [0.2, 0.25) is 0 Å².